The summed E-state index contributed by atoms with van der Waals surface area (Å²) in [7, 11) is 0. The summed E-state index contributed by atoms with van der Waals surface area (Å²) >= 11 is 0. The fourth-order valence-corrected chi connectivity index (χ4v) is 2.51. The topological polar surface area (TPSA) is 61.5 Å². The van der Waals surface area contributed by atoms with Crippen molar-refractivity contribution < 1.29 is 14.3 Å². The molecule has 0 fully saturated rings. The highest BCUT2D eigenvalue weighted by atomic mass is 16.6. The van der Waals surface area contributed by atoms with Crippen molar-refractivity contribution in [2.45, 2.75) is 19.4 Å². The van der Waals surface area contributed by atoms with Crippen molar-refractivity contribution in [2.24, 2.45) is 0 Å². The molecule has 2 N–H and O–H groups in total. The van der Waals surface area contributed by atoms with Gasteiger partial charge >= 0.3 is 5.97 Å². The van der Waals surface area contributed by atoms with E-state index in [4.69, 9.17) is 15.2 Å². The van der Waals surface area contributed by atoms with Gasteiger partial charge in [-0.2, -0.15) is 0 Å². The van der Waals surface area contributed by atoms with Crippen molar-refractivity contribution in [1.82, 2.24) is 0 Å². The maximum Gasteiger partial charge on any atom is 0.347 e. The monoisotopic (exact) mass is 257 g/mol. The molecule has 3 rings (SSSR count). The normalized spacial score (nSPS) is 17.0. The smallest absolute Gasteiger partial charge is 0.347 e. The van der Waals surface area contributed by atoms with E-state index in [2.05, 4.69) is 0 Å². The molecule has 0 amide bonds. The zero-order chi connectivity index (χ0) is 13.4. The van der Waals surface area contributed by atoms with Crippen LogP contribution in [0.5, 0.6) is 5.75 Å². The Bertz CT molecular complexity index is 651. The van der Waals surface area contributed by atoms with Crippen LogP contribution in [-0.4, -0.2) is 18.7 Å². The van der Waals surface area contributed by atoms with Gasteiger partial charge in [-0.25, -0.2) is 4.79 Å². The van der Waals surface area contributed by atoms with Gasteiger partial charge in [-0.15, -0.1) is 0 Å². The lowest BCUT2D eigenvalue weighted by atomic mass is 10.00. The largest absolute Gasteiger partial charge is 0.476 e. The van der Waals surface area contributed by atoms with Gasteiger partial charge in [0.25, 0.3) is 0 Å². The van der Waals surface area contributed by atoms with E-state index in [1.54, 1.807) is 6.92 Å². The van der Waals surface area contributed by atoms with Gasteiger partial charge < -0.3 is 15.2 Å². The molecular weight excluding hydrogens is 242 g/mol. The Morgan fingerprint density at radius 1 is 1.47 bits per heavy atom. The number of carbonyl (C=O) groups excluding carboxylic acids is 1. The van der Waals surface area contributed by atoms with Crippen molar-refractivity contribution >= 4 is 22.4 Å². The summed E-state index contributed by atoms with van der Waals surface area (Å²) in [5.41, 5.74) is 7.56. The van der Waals surface area contributed by atoms with Gasteiger partial charge in [-0.3, -0.25) is 0 Å². The number of hydrogen-bond donors (Lipinski definition) is 1. The molecule has 1 atom stereocenters. The highest BCUT2D eigenvalue weighted by Crippen LogP contribution is 2.40. The third kappa shape index (κ3) is 1.89. The summed E-state index contributed by atoms with van der Waals surface area (Å²) in [6.45, 7) is 2.13. The number of esters is 1. The van der Waals surface area contributed by atoms with Crippen molar-refractivity contribution in [1.29, 1.82) is 0 Å². The van der Waals surface area contributed by atoms with Crippen molar-refractivity contribution in [3.8, 4) is 5.75 Å². The molecule has 4 nitrogen and oxygen atoms in total. The van der Waals surface area contributed by atoms with Gasteiger partial charge in [-0.1, -0.05) is 24.3 Å². The van der Waals surface area contributed by atoms with Crippen molar-refractivity contribution in [2.75, 3.05) is 12.3 Å². The molecule has 1 heterocycles. The molecule has 0 spiro atoms. The van der Waals surface area contributed by atoms with Crippen LogP contribution in [0.2, 0.25) is 0 Å². The third-order valence-electron chi connectivity index (χ3n) is 3.33. The Morgan fingerprint density at radius 3 is 3.05 bits per heavy atom. The molecule has 2 aromatic carbocycles. The van der Waals surface area contributed by atoms with Gasteiger partial charge in [0.15, 0.2) is 6.10 Å². The molecule has 0 bridgehead atoms. The number of fused-ring (bicyclic) bond motifs is 3. The first-order chi connectivity index (χ1) is 9.20. The molecule has 0 saturated carbocycles. The van der Waals surface area contributed by atoms with E-state index in [1.807, 2.05) is 30.3 Å². The fraction of sp³-hybridized carbons (Fsp3) is 0.267. The SMILES string of the molecule is CCOC(=O)[C@H]1Cc2c(c(N)cc3ccccc23)O1. The first kappa shape index (κ1) is 11.8. The number of carbonyl (C=O) groups is 1. The maximum absolute atomic E-state index is 11.8. The highest BCUT2D eigenvalue weighted by molar-refractivity contribution is 5.94. The molecule has 0 radical (unpaired) electrons. The predicted molar refractivity (Wildman–Crippen MR) is 73.1 cm³/mol. The second-order valence-corrected chi connectivity index (χ2v) is 4.56. The molecule has 2 aromatic rings. The lowest BCUT2D eigenvalue weighted by molar-refractivity contribution is -0.150. The van der Waals surface area contributed by atoms with Crippen LogP contribution in [0.1, 0.15) is 12.5 Å². The van der Waals surface area contributed by atoms with Crippen LogP contribution >= 0.6 is 0 Å². The second-order valence-electron chi connectivity index (χ2n) is 4.56. The number of nitrogen functional groups attached to an aromatic ring is 1. The summed E-state index contributed by atoms with van der Waals surface area (Å²) in [5.74, 6) is 0.291. The Hall–Kier alpha value is -2.23. The molecule has 4 heteroatoms. The van der Waals surface area contributed by atoms with Crippen LogP contribution in [0.3, 0.4) is 0 Å². The molecule has 0 unspecified atom stereocenters. The van der Waals surface area contributed by atoms with Crippen molar-refractivity contribution in [3.63, 3.8) is 0 Å². The summed E-state index contributed by atoms with van der Waals surface area (Å²) in [4.78, 5) is 11.8. The quantitative estimate of drug-likeness (QED) is 0.662. The zero-order valence-electron chi connectivity index (χ0n) is 10.7. The Labute approximate surface area is 111 Å². The van der Waals surface area contributed by atoms with E-state index in [9.17, 15) is 4.79 Å². The van der Waals surface area contributed by atoms with E-state index >= 15 is 0 Å². The Kier molecular flexibility index (Phi) is 2.78. The molecule has 1 aliphatic rings. The number of benzene rings is 2. The maximum atomic E-state index is 11.8. The average Bonchev–Trinajstić information content (AvgIpc) is 2.85. The van der Waals surface area contributed by atoms with Crippen molar-refractivity contribution in [3.05, 3.63) is 35.9 Å². The standard InChI is InChI=1S/C15H15NO3/c1-2-18-15(17)13-8-11-10-6-4-3-5-9(10)7-12(16)14(11)19-13/h3-7,13H,2,8,16H2,1H3/t13-/m1/s1. The van der Waals surface area contributed by atoms with Crippen LogP contribution in [0.25, 0.3) is 10.8 Å². The third-order valence-corrected chi connectivity index (χ3v) is 3.33. The highest BCUT2D eigenvalue weighted by Gasteiger charge is 2.32. The molecule has 0 aromatic heterocycles. The predicted octanol–water partition coefficient (Wildman–Crippen LogP) is 2.29. The number of ether oxygens (including phenoxy) is 2. The van der Waals surface area contributed by atoms with E-state index in [0.717, 1.165) is 16.3 Å². The minimum atomic E-state index is -0.581. The summed E-state index contributed by atoms with van der Waals surface area (Å²) in [6, 6.07) is 9.83. The molecule has 19 heavy (non-hydrogen) atoms. The Balaban J connectivity index is 2.05. The van der Waals surface area contributed by atoms with E-state index in [-0.39, 0.29) is 5.97 Å². The fourth-order valence-electron chi connectivity index (χ4n) is 2.51. The Morgan fingerprint density at radius 2 is 2.26 bits per heavy atom. The van der Waals surface area contributed by atoms with E-state index < -0.39 is 6.10 Å². The minimum absolute atomic E-state index is 0.331. The van der Waals surface area contributed by atoms with Crippen LogP contribution < -0.4 is 10.5 Å². The summed E-state index contributed by atoms with van der Waals surface area (Å²) in [6.07, 6.45) is -0.0669. The van der Waals surface area contributed by atoms with Crippen LogP contribution in [0, 0.1) is 0 Å². The molecule has 98 valence electrons. The summed E-state index contributed by atoms with van der Waals surface area (Å²) in [5, 5.41) is 2.14. The molecule has 0 saturated heterocycles. The number of nitrogens with two attached hydrogens (primary N) is 1. The lowest BCUT2D eigenvalue weighted by Crippen LogP contribution is -2.27. The van der Waals surface area contributed by atoms with E-state index in [0.29, 0.717) is 24.5 Å². The second kappa shape index (κ2) is 4.46. The molecule has 1 aliphatic heterocycles. The van der Waals surface area contributed by atoms with Crippen LogP contribution in [0.15, 0.2) is 30.3 Å². The molecular formula is C15H15NO3. The van der Waals surface area contributed by atoms with Gasteiger partial charge in [-0.05, 0) is 23.8 Å². The van der Waals surface area contributed by atoms with E-state index in [1.165, 1.54) is 0 Å². The zero-order valence-corrected chi connectivity index (χ0v) is 10.7. The lowest BCUT2D eigenvalue weighted by Gasteiger charge is -2.10. The summed E-state index contributed by atoms with van der Waals surface area (Å²) < 4.78 is 10.7. The first-order valence-electron chi connectivity index (χ1n) is 6.34. The van der Waals surface area contributed by atoms with Crippen LogP contribution in [-0.2, 0) is 16.0 Å². The first-order valence-corrected chi connectivity index (χ1v) is 6.34. The van der Waals surface area contributed by atoms with Gasteiger partial charge in [0.05, 0.1) is 12.3 Å². The minimum Gasteiger partial charge on any atom is -0.476 e. The molecule has 0 aliphatic carbocycles. The van der Waals surface area contributed by atoms with Crippen LogP contribution in [0.4, 0.5) is 5.69 Å². The average molecular weight is 257 g/mol. The van der Waals surface area contributed by atoms with Gasteiger partial charge in [0.2, 0.25) is 0 Å². The number of hydrogen-bond acceptors (Lipinski definition) is 4. The number of anilines is 1. The van der Waals surface area contributed by atoms with Gasteiger partial charge in [0.1, 0.15) is 5.75 Å². The van der Waals surface area contributed by atoms with Gasteiger partial charge in [0, 0.05) is 12.0 Å². The number of rotatable bonds is 2.